The average Bonchev–Trinajstić information content (AvgIpc) is 2.65. The first-order valence-corrected chi connectivity index (χ1v) is 5.75. The standard InChI is InChI=1S/C11H15ClN2O2/c1-11(3-5-13-6-4-11)14-10(15)8-2-7-16-9(8)12/h2,7,13H,3-6H2,1H3,(H,14,15). The molecule has 0 unspecified atom stereocenters. The van der Waals surface area contributed by atoms with Crippen LogP contribution in [-0.2, 0) is 0 Å². The van der Waals surface area contributed by atoms with E-state index in [0.717, 1.165) is 25.9 Å². The minimum atomic E-state index is -0.164. The van der Waals surface area contributed by atoms with Crippen molar-refractivity contribution < 1.29 is 9.21 Å². The van der Waals surface area contributed by atoms with Gasteiger partial charge in [0.25, 0.3) is 5.91 Å². The van der Waals surface area contributed by atoms with Gasteiger partial charge in [-0.3, -0.25) is 4.79 Å². The van der Waals surface area contributed by atoms with Crippen LogP contribution in [0.15, 0.2) is 16.7 Å². The first-order chi connectivity index (χ1) is 7.61. The number of halogens is 1. The van der Waals surface area contributed by atoms with Crippen LogP contribution < -0.4 is 10.6 Å². The highest BCUT2D eigenvalue weighted by atomic mass is 35.5. The van der Waals surface area contributed by atoms with E-state index in [2.05, 4.69) is 17.6 Å². The molecule has 1 amide bonds. The lowest BCUT2D eigenvalue weighted by Gasteiger charge is -2.34. The monoisotopic (exact) mass is 242 g/mol. The smallest absolute Gasteiger partial charge is 0.256 e. The number of nitrogens with one attached hydrogen (secondary N) is 2. The first-order valence-electron chi connectivity index (χ1n) is 5.37. The number of hydrogen-bond acceptors (Lipinski definition) is 3. The third-order valence-corrected chi connectivity index (χ3v) is 3.28. The topological polar surface area (TPSA) is 54.3 Å². The number of carbonyl (C=O) groups is 1. The number of furan rings is 1. The Bertz CT molecular complexity index is 383. The minimum Gasteiger partial charge on any atom is -0.452 e. The zero-order valence-corrected chi connectivity index (χ0v) is 9.93. The van der Waals surface area contributed by atoms with Crippen molar-refractivity contribution in [1.29, 1.82) is 0 Å². The van der Waals surface area contributed by atoms with E-state index in [0.29, 0.717) is 5.56 Å². The second-order valence-electron chi connectivity index (χ2n) is 4.37. The van der Waals surface area contributed by atoms with Crippen molar-refractivity contribution >= 4 is 17.5 Å². The Kier molecular flexibility index (Phi) is 3.21. The molecule has 0 bridgehead atoms. The Morgan fingerprint density at radius 2 is 2.25 bits per heavy atom. The molecule has 1 aliphatic rings. The van der Waals surface area contributed by atoms with Crippen LogP contribution in [0.2, 0.25) is 5.22 Å². The molecule has 2 heterocycles. The number of piperidine rings is 1. The zero-order chi connectivity index (χ0) is 11.6. The lowest BCUT2D eigenvalue weighted by molar-refractivity contribution is 0.0887. The Labute approximate surface area is 99.3 Å². The van der Waals surface area contributed by atoms with Gasteiger partial charge in [-0.2, -0.15) is 0 Å². The van der Waals surface area contributed by atoms with E-state index < -0.39 is 0 Å². The van der Waals surface area contributed by atoms with E-state index in [-0.39, 0.29) is 16.7 Å². The first kappa shape index (κ1) is 11.5. The maximum absolute atomic E-state index is 11.9. The summed E-state index contributed by atoms with van der Waals surface area (Å²) in [5.41, 5.74) is 0.254. The molecule has 4 nitrogen and oxygen atoms in total. The Morgan fingerprint density at radius 1 is 1.56 bits per heavy atom. The molecule has 0 radical (unpaired) electrons. The summed E-state index contributed by atoms with van der Waals surface area (Å²) in [5, 5.41) is 6.43. The fourth-order valence-electron chi connectivity index (χ4n) is 1.90. The van der Waals surface area contributed by atoms with Crippen LogP contribution >= 0.6 is 11.6 Å². The van der Waals surface area contributed by atoms with Gasteiger partial charge in [-0.05, 0) is 50.5 Å². The van der Waals surface area contributed by atoms with Gasteiger partial charge >= 0.3 is 0 Å². The van der Waals surface area contributed by atoms with E-state index in [4.69, 9.17) is 16.0 Å². The average molecular weight is 243 g/mol. The third kappa shape index (κ3) is 2.39. The van der Waals surface area contributed by atoms with Crippen LogP contribution in [0.1, 0.15) is 30.1 Å². The molecule has 2 rings (SSSR count). The van der Waals surface area contributed by atoms with Crippen molar-refractivity contribution in [3.8, 4) is 0 Å². The SMILES string of the molecule is CC1(NC(=O)c2ccoc2Cl)CCNCC1. The van der Waals surface area contributed by atoms with Gasteiger partial charge in [0.2, 0.25) is 5.22 Å². The highest BCUT2D eigenvalue weighted by Gasteiger charge is 2.29. The molecule has 16 heavy (non-hydrogen) atoms. The quantitative estimate of drug-likeness (QED) is 0.832. The molecule has 1 aliphatic heterocycles. The molecule has 1 aromatic heterocycles. The highest BCUT2D eigenvalue weighted by Crippen LogP contribution is 2.21. The molecule has 1 fully saturated rings. The second kappa shape index (κ2) is 4.47. The van der Waals surface area contributed by atoms with E-state index >= 15 is 0 Å². The van der Waals surface area contributed by atoms with Crippen molar-refractivity contribution in [2.24, 2.45) is 0 Å². The maximum atomic E-state index is 11.9. The summed E-state index contributed by atoms with van der Waals surface area (Å²) in [6.45, 7) is 3.91. The number of amides is 1. The molecule has 2 N–H and O–H groups in total. The molecule has 0 spiro atoms. The zero-order valence-electron chi connectivity index (χ0n) is 9.18. The molecule has 1 saturated heterocycles. The predicted molar refractivity (Wildman–Crippen MR) is 61.7 cm³/mol. The van der Waals surface area contributed by atoms with Crippen LogP contribution in [0.25, 0.3) is 0 Å². The van der Waals surface area contributed by atoms with Gasteiger partial charge in [0.1, 0.15) is 0 Å². The van der Waals surface area contributed by atoms with E-state index in [1.54, 1.807) is 6.07 Å². The Morgan fingerprint density at radius 3 is 2.81 bits per heavy atom. The summed E-state index contributed by atoms with van der Waals surface area (Å²) in [6, 6.07) is 1.59. The lowest BCUT2D eigenvalue weighted by Crippen LogP contribution is -2.52. The Balaban J connectivity index is 2.04. The van der Waals surface area contributed by atoms with Crippen LogP contribution in [0.4, 0.5) is 0 Å². The van der Waals surface area contributed by atoms with Gasteiger partial charge in [0.05, 0.1) is 11.8 Å². The highest BCUT2D eigenvalue weighted by molar-refractivity contribution is 6.32. The van der Waals surface area contributed by atoms with E-state index in [1.807, 2.05) is 0 Å². The molecule has 0 aliphatic carbocycles. The maximum Gasteiger partial charge on any atom is 0.256 e. The van der Waals surface area contributed by atoms with Gasteiger partial charge in [-0.15, -0.1) is 0 Å². The normalized spacial score (nSPS) is 19.4. The van der Waals surface area contributed by atoms with Crippen molar-refractivity contribution in [2.45, 2.75) is 25.3 Å². The van der Waals surface area contributed by atoms with Gasteiger partial charge in [-0.25, -0.2) is 0 Å². The molecule has 1 aromatic rings. The molecule has 0 saturated carbocycles. The van der Waals surface area contributed by atoms with E-state index in [1.165, 1.54) is 6.26 Å². The molecule has 0 atom stereocenters. The predicted octanol–water partition coefficient (Wildman–Crippen LogP) is 1.80. The molecular formula is C11H15ClN2O2. The number of rotatable bonds is 2. The van der Waals surface area contributed by atoms with Crippen molar-refractivity contribution in [3.05, 3.63) is 23.1 Å². The van der Waals surface area contributed by atoms with Crippen molar-refractivity contribution in [2.75, 3.05) is 13.1 Å². The fraction of sp³-hybridized carbons (Fsp3) is 0.545. The molecule has 5 heteroatoms. The summed E-state index contributed by atoms with van der Waals surface area (Å²) >= 11 is 5.76. The minimum absolute atomic E-state index is 0.148. The lowest BCUT2D eigenvalue weighted by atomic mass is 9.90. The summed E-state index contributed by atoms with van der Waals surface area (Å²) in [5.74, 6) is -0.164. The Hall–Kier alpha value is -1.00. The summed E-state index contributed by atoms with van der Waals surface area (Å²) in [4.78, 5) is 11.9. The van der Waals surface area contributed by atoms with Gasteiger partial charge < -0.3 is 15.1 Å². The molecular weight excluding hydrogens is 228 g/mol. The summed E-state index contributed by atoms with van der Waals surface area (Å²) in [6.07, 6.45) is 3.27. The van der Waals surface area contributed by atoms with Crippen LogP contribution in [0.5, 0.6) is 0 Å². The molecule has 0 aromatic carbocycles. The van der Waals surface area contributed by atoms with Gasteiger partial charge in [0.15, 0.2) is 0 Å². The van der Waals surface area contributed by atoms with Crippen molar-refractivity contribution in [1.82, 2.24) is 10.6 Å². The fourth-order valence-corrected chi connectivity index (χ4v) is 2.10. The third-order valence-electron chi connectivity index (χ3n) is 2.99. The van der Waals surface area contributed by atoms with Gasteiger partial charge in [-0.1, -0.05) is 0 Å². The number of hydrogen-bond donors (Lipinski definition) is 2. The number of carbonyl (C=O) groups excluding carboxylic acids is 1. The van der Waals surface area contributed by atoms with Gasteiger partial charge in [0, 0.05) is 5.54 Å². The van der Waals surface area contributed by atoms with Crippen LogP contribution in [-0.4, -0.2) is 24.5 Å². The largest absolute Gasteiger partial charge is 0.452 e. The molecule has 88 valence electrons. The summed E-state index contributed by atoms with van der Waals surface area (Å²) < 4.78 is 4.90. The van der Waals surface area contributed by atoms with E-state index in [9.17, 15) is 4.79 Å². The van der Waals surface area contributed by atoms with Crippen molar-refractivity contribution in [3.63, 3.8) is 0 Å². The van der Waals surface area contributed by atoms with Crippen LogP contribution in [0.3, 0.4) is 0 Å². The summed E-state index contributed by atoms with van der Waals surface area (Å²) in [7, 11) is 0. The second-order valence-corrected chi connectivity index (χ2v) is 4.72. The van der Waals surface area contributed by atoms with Crippen LogP contribution in [0, 0.1) is 0 Å².